The van der Waals surface area contributed by atoms with Crippen LogP contribution in [-0.4, -0.2) is 33.7 Å². The van der Waals surface area contributed by atoms with Crippen LogP contribution in [-0.2, 0) is 11.4 Å². The highest BCUT2D eigenvalue weighted by Gasteiger charge is 2.31. The molecule has 22 heavy (non-hydrogen) atoms. The third-order valence-corrected chi connectivity index (χ3v) is 6.03. The quantitative estimate of drug-likeness (QED) is 0.808. The van der Waals surface area contributed by atoms with Crippen LogP contribution in [0.5, 0.6) is 0 Å². The normalized spacial score (nSPS) is 23.7. The summed E-state index contributed by atoms with van der Waals surface area (Å²) in [5.74, 6) is 0.634. The molecule has 1 aromatic heterocycles. The average Bonchev–Trinajstić information content (AvgIpc) is 3.17. The molecular weight excluding hydrogens is 362 g/mol. The molecule has 0 bridgehead atoms. The van der Waals surface area contributed by atoms with E-state index < -0.39 is 0 Å². The van der Waals surface area contributed by atoms with Gasteiger partial charge in [-0.2, -0.15) is 0 Å². The van der Waals surface area contributed by atoms with Crippen LogP contribution in [0, 0.1) is 5.92 Å². The maximum Gasteiger partial charge on any atom is 0.136 e. The topological polar surface area (TPSA) is 37.7 Å². The van der Waals surface area contributed by atoms with E-state index in [1.54, 1.807) is 11.3 Å². The summed E-state index contributed by atoms with van der Waals surface area (Å²) in [6.07, 6.45) is 3.60. The lowest BCUT2D eigenvalue weighted by molar-refractivity contribution is 0.0128. The number of piperidine rings is 1. The number of oxime groups is 1. The average molecular weight is 380 g/mol. The molecule has 0 N–H and O–H groups in total. The highest BCUT2D eigenvalue weighted by atomic mass is 79.9. The Morgan fingerprint density at radius 2 is 2.18 bits per heavy atom. The molecule has 2 aromatic rings. The zero-order valence-corrected chi connectivity index (χ0v) is 14.6. The summed E-state index contributed by atoms with van der Waals surface area (Å²) < 4.78 is 2.29. The molecule has 0 aliphatic carbocycles. The van der Waals surface area contributed by atoms with Crippen molar-refractivity contribution in [1.82, 2.24) is 9.88 Å². The molecule has 0 amide bonds. The fourth-order valence-corrected chi connectivity index (χ4v) is 4.61. The third-order valence-electron chi connectivity index (χ3n) is 4.65. The zero-order chi connectivity index (χ0) is 14.9. The number of benzene rings is 1. The Morgan fingerprint density at radius 3 is 2.95 bits per heavy atom. The summed E-state index contributed by atoms with van der Waals surface area (Å²) in [4.78, 5) is 12.5. The molecule has 2 aliphatic rings. The SMILES string of the molecule is BrC1=NO[C@@H](C2CCN(Cc3cccc4ncsc34)CC2)C1. The monoisotopic (exact) mass is 379 g/mol. The molecule has 3 heterocycles. The van der Waals surface area contributed by atoms with Crippen LogP contribution in [0.3, 0.4) is 0 Å². The second kappa shape index (κ2) is 6.26. The predicted octanol–water partition coefficient (Wildman–Crippen LogP) is 4.01. The Bertz CT molecular complexity index is 694. The summed E-state index contributed by atoms with van der Waals surface area (Å²) in [5, 5.41) is 4.02. The first-order chi connectivity index (χ1) is 10.8. The van der Waals surface area contributed by atoms with Crippen LogP contribution >= 0.6 is 27.3 Å². The van der Waals surface area contributed by atoms with Crippen molar-refractivity contribution in [3.05, 3.63) is 29.3 Å². The molecule has 0 radical (unpaired) electrons. The fourth-order valence-electron chi connectivity index (χ4n) is 3.41. The van der Waals surface area contributed by atoms with Crippen molar-refractivity contribution in [2.75, 3.05) is 13.1 Å². The summed E-state index contributed by atoms with van der Waals surface area (Å²) in [5.41, 5.74) is 4.47. The Kier molecular flexibility index (Phi) is 4.15. The molecule has 0 unspecified atom stereocenters. The van der Waals surface area contributed by atoms with Crippen LogP contribution in [0.15, 0.2) is 28.9 Å². The zero-order valence-electron chi connectivity index (χ0n) is 12.2. The number of thiazole rings is 1. The summed E-state index contributed by atoms with van der Waals surface area (Å²) in [6.45, 7) is 3.30. The predicted molar refractivity (Wildman–Crippen MR) is 93.5 cm³/mol. The largest absolute Gasteiger partial charge is 0.391 e. The number of hydrogen-bond donors (Lipinski definition) is 0. The second-order valence-corrected chi connectivity index (χ2v) is 7.82. The lowest BCUT2D eigenvalue weighted by Crippen LogP contribution is -2.37. The van der Waals surface area contributed by atoms with Gasteiger partial charge in [0.2, 0.25) is 0 Å². The number of likely N-dealkylation sites (tertiary alicyclic amines) is 1. The lowest BCUT2D eigenvalue weighted by Gasteiger charge is -2.33. The maximum absolute atomic E-state index is 5.52. The van der Waals surface area contributed by atoms with E-state index in [4.69, 9.17) is 4.84 Å². The van der Waals surface area contributed by atoms with E-state index in [1.807, 2.05) is 5.51 Å². The molecule has 0 saturated carbocycles. The van der Waals surface area contributed by atoms with Crippen LogP contribution in [0.25, 0.3) is 10.2 Å². The standard InChI is InChI=1S/C16H18BrN3OS/c17-15-8-14(21-19-15)11-4-6-20(7-5-11)9-12-2-1-3-13-16(12)22-10-18-13/h1-3,10-11,14H,4-9H2/t14-/m1/s1. The van der Waals surface area contributed by atoms with E-state index in [-0.39, 0.29) is 6.10 Å². The third kappa shape index (κ3) is 2.92. The number of hydrogen-bond acceptors (Lipinski definition) is 5. The molecule has 1 atom stereocenters. The first-order valence-electron chi connectivity index (χ1n) is 7.71. The maximum atomic E-state index is 5.52. The van der Waals surface area contributed by atoms with Gasteiger partial charge in [0.25, 0.3) is 0 Å². The highest BCUT2D eigenvalue weighted by Crippen LogP contribution is 2.30. The van der Waals surface area contributed by atoms with Gasteiger partial charge in [-0.1, -0.05) is 17.3 Å². The van der Waals surface area contributed by atoms with E-state index >= 15 is 0 Å². The van der Waals surface area contributed by atoms with E-state index in [0.29, 0.717) is 5.92 Å². The van der Waals surface area contributed by atoms with E-state index in [9.17, 15) is 0 Å². The first kappa shape index (κ1) is 14.6. The van der Waals surface area contributed by atoms with Gasteiger partial charge in [0, 0.05) is 18.9 Å². The van der Waals surface area contributed by atoms with Crippen molar-refractivity contribution in [3.63, 3.8) is 0 Å². The number of fused-ring (bicyclic) bond motifs is 1. The number of aromatic nitrogens is 1. The minimum Gasteiger partial charge on any atom is -0.391 e. The molecule has 4 rings (SSSR count). The molecule has 0 spiro atoms. The van der Waals surface area contributed by atoms with Gasteiger partial charge in [-0.15, -0.1) is 11.3 Å². The Hall–Kier alpha value is -0.980. The van der Waals surface area contributed by atoms with Crippen molar-refractivity contribution in [2.24, 2.45) is 11.1 Å². The molecule has 1 aromatic carbocycles. The van der Waals surface area contributed by atoms with E-state index in [1.165, 1.54) is 23.1 Å². The molecule has 4 nitrogen and oxygen atoms in total. The van der Waals surface area contributed by atoms with Gasteiger partial charge in [-0.05, 0) is 53.5 Å². The summed E-state index contributed by atoms with van der Waals surface area (Å²) in [6, 6.07) is 6.44. The van der Waals surface area contributed by atoms with Gasteiger partial charge in [0.05, 0.1) is 15.7 Å². The van der Waals surface area contributed by atoms with Crippen molar-refractivity contribution in [3.8, 4) is 0 Å². The molecule has 1 saturated heterocycles. The number of rotatable bonds is 3. The molecule has 6 heteroatoms. The summed E-state index contributed by atoms with van der Waals surface area (Å²) in [7, 11) is 0. The van der Waals surface area contributed by atoms with Crippen LogP contribution in [0.2, 0.25) is 0 Å². The van der Waals surface area contributed by atoms with Gasteiger partial charge in [-0.25, -0.2) is 4.98 Å². The lowest BCUT2D eigenvalue weighted by atomic mass is 9.90. The Labute approximate surface area is 142 Å². The molecule has 116 valence electrons. The van der Waals surface area contributed by atoms with E-state index in [0.717, 1.165) is 36.2 Å². The van der Waals surface area contributed by atoms with Crippen LogP contribution in [0.1, 0.15) is 24.8 Å². The summed E-state index contributed by atoms with van der Waals surface area (Å²) >= 11 is 5.18. The minimum atomic E-state index is 0.279. The van der Waals surface area contributed by atoms with Crippen molar-refractivity contribution >= 4 is 42.1 Å². The minimum absolute atomic E-state index is 0.279. The number of nitrogens with zero attached hydrogens (tertiary/aromatic N) is 3. The molecule has 1 fully saturated rings. The molecular formula is C16H18BrN3OS. The number of halogens is 1. The fraction of sp³-hybridized carbons (Fsp3) is 0.500. The van der Waals surface area contributed by atoms with Crippen molar-refractivity contribution in [2.45, 2.75) is 31.9 Å². The van der Waals surface area contributed by atoms with Crippen LogP contribution in [0.4, 0.5) is 0 Å². The van der Waals surface area contributed by atoms with Gasteiger partial charge in [-0.3, -0.25) is 4.90 Å². The van der Waals surface area contributed by atoms with Crippen LogP contribution < -0.4 is 0 Å². The Morgan fingerprint density at radius 1 is 1.32 bits per heavy atom. The van der Waals surface area contributed by atoms with Gasteiger partial charge in [0.1, 0.15) is 10.7 Å². The van der Waals surface area contributed by atoms with Gasteiger partial charge >= 0.3 is 0 Å². The van der Waals surface area contributed by atoms with Crippen molar-refractivity contribution < 1.29 is 4.84 Å². The van der Waals surface area contributed by atoms with E-state index in [2.05, 4.69) is 49.2 Å². The van der Waals surface area contributed by atoms with Gasteiger partial charge in [0.15, 0.2) is 0 Å². The Balaban J connectivity index is 1.37. The highest BCUT2D eigenvalue weighted by molar-refractivity contribution is 9.18. The smallest absolute Gasteiger partial charge is 0.136 e. The van der Waals surface area contributed by atoms with Crippen molar-refractivity contribution in [1.29, 1.82) is 0 Å². The second-order valence-electron chi connectivity index (χ2n) is 6.05. The molecule has 2 aliphatic heterocycles. The van der Waals surface area contributed by atoms with Gasteiger partial charge < -0.3 is 4.84 Å². The first-order valence-corrected chi connectivity index (χ1v) is 9.38.